The van der Waals surface area contributed by atoms with Gasteiger partial charge in [-0.2, -0.15) is 0 Å². The van der Waals surface area contributed by atoms with Crippen LogP contribution in [0.15, 0.2) is 18.2 Å². The number of rotatable bonds is 4. The third-order valence-corrected chi connectivity index (χ3v) is 3.40. The van der Waals surface area contributed by atoms with Crippen LogP contribution in [0.25, 0.3) is 0 Å². The van der Waals surface area contributed by atoms with Gasteiger partial charge >= 0.3 is 6.09 Å². The topological polar surface area (TPSA) is 59.6 Å². The van der Waals surface area contributed by atoms with Crippen molar-refractivity contribution in [1.29, 1.82) is 0 Å². The van der Waals surface area contributed by atoms with Crippen molar-refractivity contribution in [3.8, 4) is 0 Å². The first-order chi connectivity index (χ1) is 10.3. The zero-order valence-electron chi connectivity index (χ0n) is 13.4. The van der Waals surface area contributed by atoms with Gasteiger partial charge in [0, 0.05) is 18.8 Å². The number of methoxy groups -OCH3 is 1. The molecule has 0 heterocycles. The van der Waals surface area contributed by atoms with Crippen LogP contribution in [0.3, 0.4) is 0 Å². The molecule has 0 aromatic heterocycles. The molecule has 22 heavy (non-hydrogen) atoms. The van der Waals surface area contributed by atoms with Gasteiger partial charge in [0.15, 0.2) is 0 Å². The molecule has 0 saturated heterocycles. The molecule has 1 aliphatic carbocycles. The molecule has 0 spiro atoms. The second-order valence-corrected chi connectivity index (χ2v) is 6.49. The molecular formula is C16H23FN2O3. The highest BCUT2D eigenvalue weighted by atomic mass is 19.1. The average Bonchev–Trinajstić information content (AvgIpc) is 2.34. The number of benzene rings is 1. The fourth-order valence-electron chi connectivity index (χ4n) is 2.24. The highest BCUT2D eigenvalue weighted by Crippen LogP contribution is 2.28. The number of amides is 1. The lowest BCUT2D eigenvalue weighted by molar-refractivity contribution is 0.0329. The summed E-state index contributed by atoms with van der Waals surface area (Å²) in [5.41, 5.74) is 0.228. The number of carbonyl (C=O) groups excluding carboxylic acids is 1. The monoisotopic (exact) mass is 310 g/mol. The lowest BCUT2D eigenvalue weighted by Crippen LogP contribution is -2.40. The van der Waals surface area contributed by atoms with E-state index in [0.29, 0.717) is 6.04 Å². The Balaban J connectivity index is 1.96. The summed E-state index contributed by atoms with van der Waals surface area (Å²) in [5, 5.41) is 5.73. The smallest absolute Gasteiger partial charge is 0.412 e. The molecule has 0 bridgehead atoms. The number of nitrogens with one attached hydrogen (secondary N) is 2. The number of hydrogen-bond donors (Lipinski definition) is 2. The Morgan fingerprint density at radius 2 is 2.00 bits per heavy atom. The Labute approximate surface area is 130 Å². The van der Waals surface area contributed by atoms with Crippen molar-refractivity contribution in [2.75, 3.05) is 17.7 Å². The predicted molar refractivity (Wildman–Crippen MR) is 83.7 cm³/mol. The molecular weight excluding hydrogens is 287 g/mol. The SMILES string of the molecule is COC1CC(Nc2ccc(F)c(NC(=O)OC(C)(C)C)c2)C1. The summed E-state index contributed by atoms with van der Waals surface area (Å²) in [5.74, 6) is -0.500. The first-order valence-corrected chi connectivity index (χ1v) is 7.36. The van der Waals surface area contributed by atoms with Crippen LogP contribution in [0.2, 0.25) is 0 Å². The maximum atomic E-state index is 13.8. The second-order valence-electron chi connectivity index (χ2n) is 6.49. The van der Waals surface area contributed by atoms with Crippen LogP contribution in [0, 0.1) is 5.82 Å². The minimum Gasteiger partial charge on any atom is -0.444 e. The fourth-order valence-corrected chi connectivity index (χ4v) is 2.24. The van der Waals surface area contributed by atoms with E-state index in [1.54, 1.807) is 40.0 Å². The summed E-state index contributed by atoms with van der Waals surface area (Å²) < 4.78 is 24.1. The zero-order valence-corrected chi connectivity index (χ0v) is 13.4. The van der Waals surface area contributed by atoms with Crippen molar-refractivity contribution in [2.24, 2.45) is 0 Å². The predicted octanol–water partition coefficient (Wildman–Crippen LogP) is 3.76. The number of halogens is 1. The first kappa shape index (κ1) is 16.5. The lowest BCUT2D eigenvalue weighted by Gasteiger charge is -2.35. The molecule has 1 aliphatic rings. The van der Waals surface area contributed by atoms with Crippen molar-refractivity contribution in [3.05, 3.63) is 24.0 Å². The molecule has 0 atom stereocenters. The van der Waals surface area contributed by atoms with E-state index in [0.717, 1.165) is 18.5 Å². The van der Waals surface area contributed by atoms with E-state index in [1.165, 1.54) is 6.07 Å². The zero-order chi connectivity index (χ0) is 16.3. The number of ether oxygens (including phenoxy) is 2. The molecule has 0 unspecified atom stereocenters. The molecule has 1 fully saturated rings. The van der Waals surface area contributed by atoms with Crippen LogP contribution >= 0.6 is 0 Å². The van der Waals surface area contributed by atoms with E-state index in [9.17, 15) is 9.18 Å². The molecule has 1 aromatic carbocycles. The molecule has 5 nitrogen and oxygen atoms in total. The highest BCUT2D eigenvalue weighted by Gasteiger charge is 2.28. The van der Waals surface area contributed by atoms with Crippen molar-refractivity contribution in [3.63, 3.8) is 0 Å². The molecule has 6 heteroatoms. The van der Waals surface area contributed by atoms with Crippen molar-refractivity contribution in [2.45, 2.75) is 51.4 Å². The lowest BCUT2D eigenvalue weighted by atomic mass is 9.89. The molecule has 1 amide bonds. The molecule has 1 saturated carbocycles. The van der Waals surface area contributed by atoms with E-state index >= 15 is 0 Å². The Morgan fingerprint density at radius 1 is 1.32 bits per heavy atom. The molecule has 0 aliphatic heterocycles. The van der Waals surface area contributed by atoms with Crippen LogP contribution < -0.4 is 10.6 Å². The van der Waals surface area contributed by atoms with Gasteiger partial charge in [0.1, 0.15) is 11.4 Å². The van der Waals surface area contributed by atoms with Crippen molar-refractivity contribution >= 4 is 17.5 Å². The van der Waals surface area contributed by atoms with Gasteiger partial charge < -0.3 is 14.8 Å². The van der Waals surface area contributed by atoms with E-state index in [4.69, 9.17) is 9.47 Å². The molecule has 0 radical (unpaired) electrons. The summed E-state index contributed by atoms with van der Waals surface area (Å²) in [6, 6.07) is 4.85. The molecule has 1 aromatic rings. The van der Waals surface area contributed by atoms with Gasteiger partial charge in [-0.15, -0.1) is 0 Å². The van der Waals surface area contributed by atoms with E-state index in [-0.39, 0.29) is 11.8 Å². The normalized spacial score (nSPS) is 21.0. The summed E-state index contributed by atoms with van der Waals surface area (Å²) in [4.78, 5) is 11.7. The Kier molecular flexibility index (Phi) is 4.90. The molecule has 2 rings (SSSR count). The van der Waals surface area contributed by atoms with Gasteiger partial charge in [-0.3, -0.25) is 5.32 Å². The second kappa shape index (κ2) is 6.52. The van der Waals surface area contributed by atoms with Gasteiger partial charge in [-0.05, 0) is 51.8 Å². The van der Waals surface area contributed by atoms with Crippen LogP contribution in [0.1, 0.15) is 33.6 Å². The van der Waals surface area contributed by atoms with E-state index < -0.39 is 17.5 Å². The third kappa shape index (κ3) is 4.59. The van der Waals surface area contributed by atoms with Crippen LogP contribution in [-0.4, -0.2) is 30.9 Å². The van der Waals surface area contributed by atoms with Gasteiger partial charge in [0.2, 0.25) is 0 Å². The van der Waals surface area contributed by atoms with Gasteiger partial charge in [-0.1, -0.05) is 0 Å². The Morgan fingerprint density at radius 3 is 2.59 bits per heavy atom. The highest BCUT2D eigenvalue weighted by molar-refractivity contribution is 5.85. The maximum Gasteiger partial charge on any atom is 0.412 e. The van der Waals surface area contributed by atoms with Crippen molar-refractivity contribution in [1.82, 2.24) is 0 Å². The van der Waals surface area contributed by atoms with Crippen molar-refractivity contribution < 1.29 is 18.7 Å². The summed E-state index contributed by atoms with van der Waals surface area (Å²) >= 11 is 0. The van der Waals surface area contributed by atoms with Crippen LogP contribution in [0.5, 0.6) is 0 Å². The van der Waals surface area contributed by atoms with E-state index in [1.807, 2.05) is 0 Å². The quantitative estimate of drug-likeness (QED) is 0.889. The standard InChI is InChI=1S/C16H23FN2O3/c1-16(2,3)22-15(20)19-14-9-10(5-6-13(14)17)18-11-7-12(8-11)21-4/h5-6,9,11-12,18H,7-8H2,1-4H3,(H,19,20). The van der Waals surface area contributed by atoms with Gasteiger partial charge in [-0.25, -0.2) is 9.18 Å². The molecule has 122 valence electrons. The van der Waals surface area contributed by atoms with Gasteiger partial charge in [0.05, 0.1) is 11.8 Å². The Hall–Kier alpha value is -1.82. The number of carbonyl (C=O) groups is 1. The fraction of sp³-hybridized carbons (Fsp3) is 0.562. The van der Waals surface area contributed by atoms with Crippen LogP contribution in [-0.2, 0) is 9.47 Å². The first-order valence-electron chi connectivity index (χ1n) is 7.36. The summed E-state index contributed by atoms with van der Waals surface area (Å²) in [7, 11) is 1.70. The third-order valence-electron chi connectivity index (χ3n) is 3.40. The summed E-state index contributed by atoms with van der Waals surface area (Å²) in [6.07, 6.45) is 1.45. The minimum absolute atomic E-state index is 0.0989. The maximum absolute atomic E-state index is 13.8. The Bertz CT molecular complexity index is 537. The number of anilines is 2. The largest absolute Gasteiger partial charge is 0.444 e. The summed E-state index contributed by atoms with van der Waals surface area (Å²) in [6.45, 7) is 5.26. The van der Waals surface area contributed by atoms with Gasteiger partial charge in [0.25, 0.3) is 0 Å². The molecule has 2 N–H and O–H groups in total. The van der Waals surface area contributed by atoms with E-state index in [2.05, 4.69) is 10.6 Å². The number of hydrogen-bond acceptors (Lipinski definition) is 4. The minimum atomic E-state index is -0.674. The van der Waals surface area contributed by atoms with Crippen LogP contribution in [0.4, 0.5) is 20.6 Å². The average molecular weight is 310 g/mol.